The Bertz CT molecular complexity index is 585. The molecule has 2 rings (SSSR count). The van der Waals surface area contributed by atoms with Gasteiger partial charge in [0.2, 0.25) is 0 Å². The Kier molecular flexibility index (Phi) is 2.98. The number of aromatic nitrogens is 1. The summed E-state index contributed by atoms with van der Waals surface area (Å²) in [5, 5.41) is 0.138. The van der Waals surface area contributed by atoms with E-state index >= 15 is 0 Å². The molecule has 0 amide bonds. The molecule has 2 aromatic rings. The molecule has 5 heteroatoms. The minimum absolute atomic E-state index is 0.138. The SMILES string of the molecule is Cc1cc(N)ncc1-c1cc(F)c(F)cc1Cl. The Hall–Kier alpha value is -1.68. The molecule has 2 N–H and O–H groups in total. The summed E-state index contributed by atoms with van der Waals surface area (Å²) in [6, 6.07) is 3.65. The van der Waals surface area contributed by atoms with Crippen LogP contribution in [-0.4, -0.2) is 4.98 Å². The van der Waals surface area contributed by atoms with E-state index in [4.69, 9.17) is 17.3 Å². The number of halogens is 3. The summed E-state index contributed by atoms with van der Waals surface area (Å²) in [5.41, 5.74) is 7.34. The summed E-state index contributed by atoms with van der Waals surface area (Å²) >= 11 is 5.88. The Morgan fingerprint density at radius 1 is 1.12 bits per heavy atom. The first kappa shape index (κ1) is 11.8. The molecule has 0 aliphatic carbocycles. The number of pyridine rings is 1. The number of hydrogen-bond donors (Lipinski definition) is 1. The van der Waals surface area contributed by atoms with Gasteiger partial charge in [-0.1, -0.05) is 11.6 Å². The van der Waals surface area contributed by atoms with Crippen molar-refractivity contribution in [3.8, 4) is 11.1 Å². The van der Waals surface area contributed by atoms with Gasteiger partial charge in [-0.15, -0.1) is 0 Å². The van der Waals surface area contributed by atoms with Gasteiger partial charge in [-0.3, -0.25) is 0 Å². The number of hydrogen-bond acceptors (Lipinski definition) is 2. The van der Waals surface area contributed by atoms with Crippen molar-refractivity contribution in [3.63, 3.8) is 0 Å². The predicted octanol–water partition coefficient (Wildman–Crippen LogP) is 3.57. The van der Waals surface area contributed by atoms with Crippen molar-refractivity contribution in [1.29, 1.82) is 0 Å². The van der Waals surface area contributed by atoms with Gasteiger partial charge in [-0.25, -0.2) is 13.8 Å². The highest BCUT2D eigenvalue weighted by Crippen LogP contribution is 2.32. The van der Waals surface area contributed by atoms with Gasteiger partial charge >= 0.3 is 0 Å². The molecule has 0 unspecified atom stereocenters. The third-order valence-corrected chi connectivity index (χ3v) is 2.74. The van der Waals surface area contributed by atoms with Gasteiger partial charge in [-0.2, -0.15) is 0 Å². The highest BCUT2D eigenvalue weighted by atomic mass is 35.5. The number of benzene rings is 1. The van der Waals surface area contributed by atoms with Crippen molar-refractivity contribution in [3.05, 3.63) is 46.6 Å². The monoisotopic (exact) mass is 254 g/mol. The van der Waals surface area contributed by atoms with E-state index in [-0.39, 0.29) is 5.02 Å². The van der Waals surface area contributed by atoms with E-state index in [0.717, 1.165) is 17.7 Å². The summed E-state index contributed by atoms with van der Waals surface area (Å²) in [5.74, 6) is -1.55. The molecule has 0 aliphatic heterocycles. The molecule has 17 heavy (non-hydrogen) atoms. The van der Waals surface area contributed by atoms with Crippen LogP contribution < -0.4 is 5.73 Å². The molecule has 0 bridgehead atoms. The van der Waals surface area contributed by atoms with Crippen LogP contribution in [0.15, 0.2) is 24.4 Å². The summed E-state index contributed by atoms with van der Waals surface area (Å²) in [4.78, 5) is 3.91. The Labute approximate surface area is 102 Å². The van der Waals surface area contributed by atoms with E-state index in [2.05, 4.69) is 4.98 Å². The van der Waals surface area contributed by atoms with Crippen LogP contribution in [0.3, 0.4) is 0 Å². The third kappa shape index (κ3) is 2.22. The Morgan fingerprint density at radius 2 is 1.76 bits per heavy atom. The number of aryl methyl sites for hydroxylation is 1. The highest BCUT2D eigenvalue weighted by Gasteiger charge is 2.12. The standard InChI is InChI=1S/C12H9ClF2N2/c1-6-2-12(16)17-5-8(6)7-3-10(14)11(15)4-9(7)13/h2-5H,1H3,(H2,16,17). The van der Waals surface area contributed by atoms with E-state index in [1.807, 2.05) is 0 Å². The fourth-order valence-electron chi connectivity index (χ4n) is 1.59. The molecule has 2 nitrogen and oxygen atoms in total. The number of nitrogens with two attached hydrogens (primary N) is 1. The lowest BCUT2D eigenvalue weighted by Crippen LogP contribution is -1.94. The Balaban J connectivity index is 2.64. The largest absolute Gasteiger partial charge is 0.384 e. The molecule has 0 aliphatic rings. The van der Waals surface area contributed by atoms with Gasteiger partial charge in [-0.05, 0) is 30.7 Å². The average Bonchev–Trinajstić information content (AvgIpc) is 2.24. The molecule has 0 radical (unpaired) electrons. The van der Waals surface area contributed by atoms with Crippen LogP contribution in [0, 0.1) is 18.6 Å². The van der Waals surface area contributed by atoms with E-state index in [0.29, 0.717) is 16.9 Å². The molecule has 1 heterocycles. The average molecular weight is 255 g/mol. The minimum Gasteiger partial charge on any atom is -0.384 e. The molecular weight excluding hydrogens is 246 g/mol. The van der Waals surface area contributed by atoms with Crippen molar-refractivity contribution in [2.45, 2.75) is 6.92 Å². The third-order valence-electron chi connectivity index (χ3n) is 2.43. The zero-order valence-electron chi connectivity index (χ0n) is 8.97. The second kappa shape index (κ2) is 4.30. The summed E-state index contributed by atoms with van der Waals surface area (Å²) in [7, 11) is 0. The van der Waals surface area contributed by atoms with E-state index in [1.165, 1.54) is 6.20 Å². The fourth-order valence-corrected chi connectivity index (χ4v) is 1.84. The number of nitrogens with zero attached hydrogens (tertiary/aromatic N) is 1. The van der Waals surface area contributed by atoms with Gasteiger partial charge in [0.1, 0.15) is 5.82 Å². The zero-order chi connectivity index (χ0) is 12.6. The first-order valence-corrected chi connectivity index (χ1v) is 5.24. The maximum Gasteiger partial charge on any atom is 0.160 e. The molecular formula is C12H9ClF2N2. The van der Waals surface area contributed by atoms with Crippen LogP contribution >= 0.6 is 11.6 Å². The Morgan fingerprint density at radius 3 is 2.41 bits per heavy atom. The molecule has 1 aromatic carbocycles. The van der Waals surface area contributed by atoms with E-state index in [9.17, 15) is 8.78 Å². The quantitative estimate of drug-likeness (QED) is 0.790. The van der Waals surface area contributed by atoms with Crippen LogP contribution in [-0.2, 0) is 0 Å². The van der Waals surface area contributed by atoms with Gasteiger partial charge in [0, 0.05) is 17.3 Å². The highest BCUT2D eigenvalue weighted by molar-refractivity contribution is 6.33. The summed E-state index contributed by atoms with van der Waals surface area (Å²) in [6.45, 7) is 1.80. The van der Waals surface area contributed by atoms with Crippen LogP contribution in [0.2, 0.25) is 5.02 Å². The molecule has 0 atom stereocenters. The van der Waals surface area contributed by atoms with Crippen LogP contribution in [0.4, 0.5) is 14.6 Å². The molecule has 0 spiro atoms. The van der Waals surface area contributed by atoms with E-state index < -0.39 is 11.6 Å². The second-order valence-electron chi connectivity index (χ2n) is 3.67. The van der Waals surface area contributed by atoms with Crippen molar-refractivity contribution in [2.75, 3.05) is 5.73 Å². The summed E-state index contributed by atoms with van der Waals surface area (Å²) < 4.78 is 26.1. The van der Waals surface area contributed by atoms with Crippen molar-refractivity contribution < 1.29 is 8.78 Å². The maximum atomic E-state index is 13.2. The van der Waals surface area contributed by atoms with Crippen molar-refractivity contribution >= 4 is 17.4 Å². The minimum atomic E-state index is -0.972. The topological polar surface area (TPSA) is 38.9 Å². The smallest absolute Gasteiger partial charge is 0.160 e. The molecule has 1 aromatic heterocycles. The van der Waals surface area contributed by atoms with Gasteiger partial charge in [0.05, 0.1) is 5.02 Å². The van der Waals surface area contributed by atoms with Gasteiger partial charge in [0.25, 0.3) is 0 Å². The van der Waals surface area contributed by atoms with Gasteiger partial charge < -0.3 is 5.73 Å². The van der Waals surface area contributed by atoms with E-state index in [1.54, 1.807) is 13.0 Å². The van der Waals surface area contributed by atoms with Crippen LogP contribution in [0.1, 0.15) is 5.56 Å². The number of rotatable bonds is 1. The molecule has 0 fully saturated rings. The zero-order valence-corrected chi connectivity index (χ0v) is 9.72. The molecule has 0 saturated carbocycles. The first-order valence-electron chi connectivity index (χ1n) is 4.86. The molecule has 88 valence electrons. The second-order valence-corrected chi connectivity index (χ2v) is 4.08. The lowest BCUT2D eigenvalue weighted by Gasteiger charge is -2.08. The maximum absolute atomic E-state index is 13.2. The first-order chi connectivity index (χ1) is 7.99. The summed E-state index contributed by atoms with van der Waals surface area (Å²) in [6.07, 6.45) is 1.49. The normalized spacial score (nSPS) is 10.6. The van der Waals surface area contributed by atoms with Crippen LogP contribution in [0.5, 0.6) is 0 Å². The lowest BCUT2D eigenvalue weighted by atomic mass is 10.0. The van der Waals surface area contributed by atoms with Crippen LogP contribution in [0.25, 0.3) is 11.1 Å². The lowest BCUT2D eigenvalue weighted by molar-refractivity contribution is 0.509. The number of nitrogen functional groups attached to an aromatic ring is 1. The number of anilines is 1. The fraction of sp³-hybridized carbons (Fsp3) is 0.0833. The van der Waals surface area contributed by atoms with Gasteiger partial charge in [0.15, 0.2) is 11.6 Å². The van der Waals surface area contributed by atoms with Crippen molar-refractivity contribution in [2.24, 2.45) is 0 Å². The predicted molar refractivity (Wildman–Crippen MR) is 63.7 cm³/mol. The van der Waals surface area contributed by atoms with Crippen molar-refractivity contribution in [1.82, 2.24) is 4.98 Å². The molecule has 0 saturated heterocycles.